The lowest BCUT2D eigenvalue weighted by Crippen LogP contribution is -1.87. The van der Waals surface area contributed by atoms with E-state index in [1.807, 2.05) is 0 Å². The fourth-order valence-corrected chi connectivity index (χ4v) is 1.14. The van der Waals surface area contributed by atoms with Gasteiger partial charge in [-0.15, -0.1) is 0 Å². The van der Waals surface area contributed by atoms with Crippen molar-refractivity contribution in [1.82, 2.24) is 9.97 Å². The zero-order valence-corrected chi connectivity index (χ0v) is 7.28. The number of aromatic nitrogens is 2. The molecule has 1 rings (SSSR count). The number of hydrogen-bond donors (Lipinski definition) is 0. The lowest BCUT2D eigenvalue weighted by Gasteiger charge is -1.90. The van der Waals surface area contributed by atoms with Gasteiger partial charge in [-0.3, -0.25) is 0 Å². The summed E-state index contributed by atoms with van der Waals surface area (Å²) in [6.45, 7) is 0. The van der Waals surface area contributed by atoms with E-state index in [2.05, 4.69) is 41.8 Å². The topological polar surface area (TPSA) is 25.8 Å². The van der Waals surface area contributed by atoms with E-state index in [9.17, 15) is 4.39 Å². The van der Waals surface area contributed by atoms with Crippen LogP contribution in [0.25, 0.3) is 0 Å². The Labute approximate surface area is 67.8 Å². The molecule has 0 N–H and O–H groups in total. The predicted molar refractivity (Wildman–Crippen MR) is 37.4 cm³/mol. The number of hydrogen-bond acceptors (Lipinski definition) is 2. The maximum Gasteiger partial charge on any atom is 0.246 e. The quantitative estimate of drug-likeness (QED) is 0.710. The number of rotatable bonds is 0. The first-order valence-electron chi connectivity index (χ1n) is 2.03. The third kappa shape index (κ3) is 1.69. The fraction of sp³-hybridized carbons (Fsp3) is 0. The van der Waals surface area contributed by atoms with Crippen molar-refractivity contribution >= 4 is 31.9 Å². The van der Waals surface area contributed by atoms with Crippen molar-refractivity contribution in [2.45, 2.75) is 0 Å². The van der Waals surface area contributed by atoms with E-state index in [-0.39, 0.29) is 4.60 Å². The summed E-state index contributed by atoms with van der Waals surface area (Å²) in [6.07, 6.45) is 1.29. The first-order valence-corrected chi connectivity index (χ1v) is 3.62. The van der Waals surface area contributed by atoms with Gasteiger partial charge in [0.05, 0.1) is 6.20 Å². The lowest BCUT2D eigenvalue weighted by molar-refractivity contribution is 0.566. The zero-order valence-electron chi connectivity index (χ0n) is 4.11. The standard InChI is InChI=1S/C4HBr2FN2/c5-2-1-8-4(7)3(6)9-2/h1H. The maximum absolute atomic E-state index is 12.3. The van der Waals surface area contributed by atoms with Gasteiger partial charge in [0.15, 0.2) is 4.60 Å². The molecule has 0 aromatic carbocycles. The molecule has 1 aromatic heterocycles. The van der Waals surface area contributed by atoms with Crippen LogP contribution < -0.4 is 0 Å². The zero-order chi connectivity index (χ0) is 6.85. The van der Waals surface area contributed by atoms with Crippen molar-refractivity contribution in [1.29, 1.82) is 0 Å². The first kappa shape index (κ1) is 7.08. The molecule has 0 saturated carbocycles. The van der Waals surface area contributed by atoms with Crippen LogP contribution in [-0.4, -0.2) is 9.97 Å². The molecule has 0 spiro atoms. The molecular weight excluding hydrogens is 255 g/mol. The normalized spacial score (nSPS) is 9.67. The van der Waals surface area contributed by atoms with Crippen molar-refractivity contribution < 1.29 is 4.39 Å². The summed E-state index contributed by atoms with van der Waals surface area (Å²) >= 11 is 5.89. The molecule has 1 aromatic rings. The van der Waals surface area contributed by atoms with Gasteiger partial charge in [0.2, 0.25) is 5.95 Å². The van der Waals surface area contributed by atoms with E-state index >= 15 is 0 Å². The average molecular weight is 256 g/mol. The first-order chi connectivity index (χ1) is 4.20. The Kier molecular flexibility index (Phi) is 2.13. The molecule has 5 heteroatoms. The second-order valence-electron chi connectivity index (χ2n) is 1.27. The van der Waals surface area contributed by atoms with E-state index in [1.54, 1.807) is 0 Å². The van der Waals surface area contributed by atoms with Crippen LogP contribution in [0.1, 0.15) is 0 Å². The van der Waals surface area contributed by atoms with Gasteiger partial charge in [0.1, 0.15) is 4.60 Å². The highest BCUT2D eigenvalue weighted by molar-refractivity contribution is 9.11. The predicted octanol–water partition coefficient (Wildman–Crippen LogP) is 2.14. The van der Waals surface area contributed by atoms with Crippen molar-refractivity contribution in [3.05, 3.63) is 21.4 Å². The minimum absolute atomic E-state index is 0.122. The molecule has 0 fully saturated rings. The molecule has 0 amide bonds. The molecule has 0 atom stereocenters. The van der Waals surface area contributed by atoms with Crippen LogP contribution in [0.2, 0.25) is 0 Å². The molecule has 9 heavy (non-hydrogen) atoms. The molecule has 0 unspecified atom stereocenters. The second kappa shape index (κ2) is 2.70. The largest absolute Gasteiger partial charge is 0.246 e. The molecular formula is C4HBr2FN2. The van der Waals surface area contributed by atoms with E-state index < -0.39 is 5.95 Å². The van der Waals surface area contributed by atoms with Gasteiger partial charge >= 0.3 is 0 Å². The van der Waals surface area contributed by atoms with Crippen LogP contribution in [0.15, 0.2) is 15.4 Å². The molecule has 0 radical (unpaired) electrons. The van der Waals surface area contributed by atoms with Crippen LogP contribution >= 0.6 is 31.9 Å². The minimum Gasteiger partial charge on any atom is -0.227 e. The summed E-state index contributed by atoms with van der Waals surface area (Å²) in [7, 11) is 0. The Balaban J connectivity index is 3.17. The van der Waals surface area contributed by atoms with Gasteiger partial charge in [-0.05, 0) is 31.9 Å². The van der Waals surface area contributed by atoms with Gasteiger partial charge < -0.3 is 0 Å². The average Bonchev–Trinajstić information content (AvgIpc) is 1.80. The van der Waals surface area contributed by atoms with Gasteiger partial charge in [-0.2, -0.15) is 4.39 Å². The number of halogens is 3. The minimum atomic E-state index is -0.599. The van der Waals surface area contributed by atoms with E-state index in [0.29, 0.717) is 4.60 Å². The molecule has 0 aliphatic carbocycles. The highest BCUT2D eigenvalue weighted by Crippen LogP contribution is 2.12. The Bertz CT molecular complexity index is 228. The molecule has 0 saturated heterocycles. The van der Waals surface area contributed by atoms with Gasteiger partial charge in [0.25, 0.3) is 0 Å². The van der Waals surface area contributed by atoms with Gasteiger partial charge in [0, 0.05) is 0 Å². The van der Waals surface area contributed by atoms with Crippen molar-refractivity contribution in [2.75, 3.05) is 0 Å². The molecule has 2 nitrogen and oxygen atoms in total. The van der Waals surface area contributed by atoms with Crippen LogP contribution in [0.3, 0.4) is 0 Å². The Hall–Kier alpha value is -0.0300. The monoisotopic (exact) mass is 254 g/mol. The van der Waals surface area contributed by atoms with Crippen molar-refractivity contribution in [3.63, 3.8) is 0 Å². The Morgan fingerprint density at radius 3 is 2.56 bits per heavy atom. The summed E-state index contributed by atoms with van der Waals surface area (Å²) in [6, 6.07) is 0. The molecule has 0 bridgehead atoms. The third-order valence-electron chi connectivity index (χ3n) is 0.660. The summed E-state index contributed by atoms with van der Waals surface area (Å²) in [5.41, 5.74) is 0. The van der Waals surface area contributed by atoms with Crippen LogP contribution in [0.4, 0.5) is 4.39 Å². The highest BCUT2D eigenvalue weighted by Gasteiger charge is 1.99. The van der Waals surface area contributed by atoms with Crippen LogP contribution in [-0.2, 0) is 0 Å². The van der Waals surface area contributed by atoms with E-state index in [0.717, 1.165) is 0 Å². The Morgan fingerprint density at radius 2 is 2.11 bits per heavy atom. The van der Waals surface area contributed by atoms with Gasteiger partial charge in [-0.25, -0.2) is 9.97 Å². The second-order valence-corrected chi connectivity index (χ2v) is 2.84. The summed E-state index contributed by atoms with van der Waals surface area (Å²) < 4.78 is 12.9. The van der Waals surface area contributed by atoms with E-state index in [1.165, 1.54) is 6.20 Å². The summed E-state index contributed by atoms with van der Waals surface area (Å²) in [5, 5.41) is 0. The van der Waals surface area contributed by atoms with Gasteiger partial charge in [-0.1, -0.05) is 0 Å². The molecule has 0 aliphatic heterocycles. The Morgan fingerprint density at radius 1 is 1.44 bits per heavy atom. The molecule has 0 aliphatic rings. The highest BCUT2D eigenvalue weighted by atomic mass is 79.9. The van der Waals surface area contributed by atoms with Crippen LogP contribution in [0, 0.1) is 5.95 Å². The van der Waals surface area contributed by atoms with Crippen molar-refractivity contribution in [3.8, 4) is 0 Å². The van der Waals surface area contributed by atoms with Crippen molar-refractivity contribution in [2.24, 2.45) is 0 Å². The summed E-state index contributed by atoms with van der Waals surface area (Å²) in [5.74, 6) is -0.599. The van der Waals surface area contributed by atoms with E-state index in [4.69, 9.17) is 0 Å². The lowest BCUT2D eigenvalue weighted by atomic mass is 10.7. The summed E-state index contributed by atoms with van der Waals surface area (Å²) in [4.78, 5) is 7.02. The number of nitrogens with zero attached hydrogens (tertiary/aromatic N) is 2. The third-order valence-corrected chi connectivity index (χ3v) is 1.55. The molecule has 48 valence electrons. The fourth-order valence-electron chi connectivity index (χ4n) is 0.332. The maximum atomic E-state index is 12.3. The van der Waals surface area contributed by atoms with Crippen LogP contribution in [0.5, 0.6) is 0 Å². The SMILES string of the molecule is Fc1ncc(Br)nc1Br. The molecule has 1 heterocycles. The smallest absolute Gasteiger partial charge is 0.227 e.